The van der Waals surface area contributed by atoms with Crippen LogP contribution in [0.2, 0.25) is 0 Å². The number of halogens is 1. The van der Waals surface area contributed by atoms with Gasteiger partial charge in [0.1, 0.15) is 11.3 Å². The molecular formula is C24H23FN6O2S. The summed E-state index contributed by atoms with van der Waals surface area (Å²) in [5.41, 5.74) is 1.83. The van der Waals surface area contributed by atoms with Gasteiger partial charge in [-0.2, -0.15) is 0 Å². The summed E-state index contributed by atoms with van der Waals surface area (Å²) in [4.78, 5) is 39.0. The van der Waals surface area contributed by atoms with E-state index in [4.69, 9.17) is 0 Å². The van der Waals surface area contributed by atoms with E-state index in [1.807, 2.05) is 18.2 Å². The van der Waals surface area contributed by atoms with E-state index in [0.717, 1.165) is 55.3 Å². The Labute approximate surface area is 200 Å². The zero-order valence-corrected chi connectivity index (χ0v) is 19.1. The highest BCUT2D eigenvalue weighted by Crippen LogP contribution is 2.26. The molecule has 0 radical (unpaired) electrons. The van der Waals surface area contributed by atoms with Crippen molar-refractivity contribution in [1.29, 1.82) is 0 Å². The van der Waals surface area contributed by atoms with Crippen molar-refractivity contribution in [3.8, 4) is 0 Å². The SMILES string of the molecule is O=C1NC(=O)/C(=C\c2ccnc(N3CCC(CNCc4ccc5cccc(F)c5n4)CC3)n2)S1. The third-order valence-corrected chi connectivity index (χ3v) is 6.76. The number of carbonyl (C=O) groups excluding carboxylic acids is 2. The molecule has 0 aliphatic carbocycles. The number of benzene rings is 1. The summed E-state index contributed by atoms with van der Waals surface area (Å²) in [6, 6.07) is 10.5. The Balaban J connectivity index is 1.13. The molecule has 174 valence electrons. The number of imide groups is 1. The number of fused-ring (bicyclic) bond motifs is 1. The number of hydrogen-bond acceptors (Lipinski definition) is 8. The molecule has 2 saturated heterocycles. The van der Waals surface area contributed by atoms with Crippen molar-refractivity contribution in [2.24, 2.45) is 5.92 Å². The number of anilines is 1. The van der Waals surface area contributed by atoms with Gasteiger partial charge in [0.25, 0.3) is 11.1 Å². The van der Waals surface area contributed by atoms with E-state index in [1.165, 1.54) is 6.07 Å². The van der Waals surface area contributed by atoms with Crippen molar-refractivity contribution in [2.45, 2.75) is 19.4 Å². The molecule has 0 bridgehead atoms. The first-order valence-corrected chi connectivity index (χ1v) is 11.9. The zero-order valence-electron chi connectivity index (χ0n) is 18.3. The fraction of sp³-hybridized carbons (Fsp3) is 0.292. The molecule has 0 saturated carbocycles. The second kappa shape index (κ2) is 9.86. The highest BCUT2D eigenvalue weighted by Gasteiger charge is 2.25. The van der Waals surface area contributed by atoms with Crippen LogP contribution in [0, 0.1) is 11.7 Å². The van der Waals surface area contributed by atoms with Crippen molar-refractivity contribution >= 4 is 45.8 Å². The van der Waals surface area contributed by atoms with E-state index in [0.29, 0.717) is 34.5 Å². The van der Waals surface area contributed by atoms with Gasteiger partial charge in [0, 0.05) is 31.2 Å². The third-order valence-electron chi connectivity index (χ3n) is 5.95. The van der Waals surface area contributed by atoms with Gasteiger partial charge < -0.3 is 10.2 Å². The number of nitrogens with zero attached hydrogens (tertiary/aromatic N) is 4. The van der Waals surface area contributed by atoms with Crippen LogP contribution in [0.15, 0.2) is 47.5 Å². The molecular weight excluding hydrogens is 455 g/mol. The van der Waals surface area contributed by atoms with Gasteiger partial charge in [-0.15, -0.1) is 0 Å². The van der Waals surface area contributed by atoms with Crippen LogP contribution in [0.4, 0.5) is 15.1 Å². The Kier molecular flexibility index (Phi) is 6.50. The Morgan fingerprint density at radius 2 is 2.00 bits per heavy atom. The predicted octanol–water partition coefficient (Wildman–Crippen LogP) is 3.49. The lowest BCUT2D eigenvalue weighted by molar-refractivity contribution is -0.115. The van der Waals surface area contributed by atoms with E-state index in [2.05, 4.69) is 30.5 Å². The summed E-state index contributed by atoms with van der Waals surface area (Å²) in [5.74, 6) is 0.446. The number of para-hydroxylation sites is 1. The number of pyridine rings is 1. The highest BCUT2D eigenvalue weighted by atomic mass is 32.2. The zero-order chi connectivity index (χ0) is 23.5. The molecule has 3 aromatic rings. The second-order valence-electron chi connectivity index (χ2n) is 8.31. The van der Waals surface area contributed by atoms with Crippen molar-refractivity contribution in [3.05, 3.63) is 64.7 Å². The lowest BCUT2D eigenvalue weighted by Gasteiger charge is -2.32. The van der Waals surface area contributed by atoms with Crippen LogP contribution >= 0.6 is 11.8 Å². The molecule has 0 spiro atoms. The molecule has 2 amide bonds. The van der Waals surface area contributed by atoms with Crippen molar-refractivity contribution in [3.63, 3.8) is 0 Å². The van der Waals surface area contributed by atoms with Crippen LogP contribution in [0.25, 0.3) is 17.0 Å². The van der Waals surface area contributed by atoms with Crippen molar-refractivity contribution < 1.29 is 14.0 Å². The molecule has 2 aromatic heterocycles. The number of carbonyl (C=O) groups is 2. The third kappa shape index (κ3) is 5.07. The number of rotatable bonds is 6. The number of thioether (sulfide) groups is 1. The lowest BCUT2D eigenvalue weighted by atomic mass is 9.97. The number of piperidine rings is 1. The van der Waals surface area contributed by atoms with Gasteiger partial charge in [0.15, 0.2) is 0 Å². The summed E-state index contributed by atoms with van der Waals surface area (Å²) in [6.07, 6.45) is 5.27. The van der Waals surface area contributed by atoms with Crippen LogP contribution in [0.3, 0.4) is 0 Å². The minimum absolute atomic E-state index is 0.298. The Bertz CT molecular complexity index is 1280. The molecule has 0 unspecified atom stereocenters. The Hall–Kier alpha value is -3.37. The maximum Gasteiger partial charge on any atom is 0.290 e. The Morgan fingerprint density at radius 1 is 1.15 bits per heavy atom. The quantitative estimate of drug-likeness (QED) is 0.520. The number of amides is 2. The predicted molar refractivity (Wildman–Crippen MR) is 129 cm³/mol. The molecule has 2 fully saturated rings. The van der Waals surface area contributed by atoms with Gasteiger partial charge in [0.05, 0.1) is 16.3 Å². The van der Waals surface area contributed by atoms with Gasteiger partial charge in [-0.05, 0) is 61.3 Å². The molecule has 1 aromatic carbocycles. The maximum absolute atomic E-state index is 14.0. The van der Waals surface area contributed by atoms with E-state index >= 15 is 0 Å². The van der Waals surface area contributed by atoms with Crippen LogP contribution in [-0.2, 0) is 11.3 Å². The first kappa shape index (κ1) is 22.4. The average molecular weight is 479 g/mol. The van der Waals surface area contributed by atoms with Crippen LogP contribution in [-0.4, -0.2) is 45.7 Å². The lowest BCUT2D eigenvalue weighted by Crippen LogP contribution is -2.38. The smallest absolute Gasteiger partial charge is 0.290 e. The number of nitrogens with one attached hydrogen (secondary N) is 2. The molecule has 8 nitrogen and oxygen atoms in total. The summed E-state index contributed by atoms with van der Waals surface area (Å²) in [5, 5.41) is 6.13. The minimum atomic E-state index is -0.396. The minimum Gasteiger partial charge on any atom is -0.341 e. The molecule has 2 aliphatic rings. The molecule has 2 N–H and O–H groups in total. The van der Waals surface area contributed by atoms with Gasteiger partial charge in [-0.1, -0.05) is 18.2 Å². The average Bonchev–Trinajstić information content (AvgIpc) is 3.16. The standard InChI is InChI=1S/C24H23FN6O2S/c25-19-3-1-2-16-4-5-18(28-21(16)19)14-26-13-15-7-10-31(11-8-15)23-27-9-6-17(29-23)12-20-22(32)30-24(33)34-20/h1-6,9,12,15,26H,7-8,10-11,13-14H2,(H,30,32,33)/b20-12+. The highest BCUT2D eigenvalue weighted by molar-refractivity contribution is 8.18. The molecule has 10 heteroatoms. The first-order chi connectivity index (χ1) is 16.5. The van der Waals surface area contributed by atoms with Gasteiger partial charge in [-0.3, -0.25) is 14.9 Å². The topological polar surface area (TPSA) is 100 Å². The summed E-state index contributed by atoms with van der Waals surface area (Å²) < 4.78 is 14.0. The van der Waals surface area contributed by atoms with E-state index < -0.39 is 5.91 Å². The number of aromatic nitrogens is 3. The first-order valence-electron chi connectivity index (χ1n) is 11.1. The fourth-order valence-corrected chi connectivity index (χ4v) is 4.81. The Morgan fingerprint density at radius 3 is 2.79 bits per heavy atom. The maximum atomic E-state index is 14.0. The summed E-state index contributed by atoms with van der Waals surface area (Å²) in [6.45, 7) is 3.12. The van der Waals surface area contributed by atoms with Crippen LogP contribution in [0.5, 0.6) is 0 Å². The molecule has 34 heavy (non-hydrogen) atoms. The largest absolute Gasteiger partial charge is 0.341 e. The van der Waals surface area contributed by atoms with E-state index in [-0.39, 0.29) is 11.1 Å². The molecule has 5 rings (SSSR count). The molecule has 0 atom stereocenters. The van der Waals surface area contributed by atoms with Gasteiger partial charge in [0.2, 0.25) is 5.95 Å². The monoisotopic (exact) mass is 478 g/mol. The second-order valence-corrected chi connectivity index (χ2v) is 9.32. The molecule has 4 heterocycles. The molecule has 2 aliphatic heterocycles. The van der Waals surface area contributed by atoms with Crippen molar-refractivity contribution in [2.75, 3.05) is 24.5 Å². The summed E-state index contributed by atoms with van der Waals surface area (Å²) in [7, 11) is 0. The van der Waals surface area contributed by atoms with Gasteiger partial charge >= 0.3 is 0 Å². The summed E-state index contributed by atoms with van der Waals surface area (Å²) >= 11 is 0.875. The van der Waals surface area contributed by atoms with Gasteiger partial charge in [-0.25, -0.2) is 19.3 Å². The van der Waals surface area contributed by atoms with E-state index in [1.54, 1.807) is 24.4 Å². The van der Waals surface area contributed by atoms with Crippen LogP contribution in [0.1, 0.15) is 24.2 Å². The number of hydrogen-bond donors (Lipinski definition) is 2. The van der Waals surface area contributed by atoms with Crippen molar-refractivity contribution in [1.82, 2.24) is 25.6 Å². The van der Waals surface area contributed by atoms with E-state index in [9.17, 15) is 14.0 Å². The van der Waals surface area contributed by atoms with Crippen LogP contribution < -0.4 is 15.5 Å². The normalized spacial score (nSPS) is 18.1. The fourth-order valence-electron chi connectivity index (χ4n) is 4.14.